The third-order valence-electron chi connectivity index (χ3n) is 14.8. The molecule has 0 amide bonds. The van der Waals surface area contributed by atoms with Crippen molar-refractivity contribution in [1.82, 2.24) is 0 Å². The molecule has 0 saturated heterocycles. The number of benzene rings is 1. The standard InChI is InChI=1S/C40H54O6/c1-35(2)30-15-18-40(7)33(38(30,5)17-16-31(35)46-32(42)14-13-25-11-9-10-12-29(25)45-8)28(41)23-26-27-24-37(4,34(43)44)20-19-36(27,3)21-22-39(26,40)6/h9-14,23,27,30-31,33H,15-22,24H2,1-8H3,(H,43,44)/b14-13+/t27-,30+,31+,33-,36-,37+,38+,39-,40-/m1/s1. The van der Waals surface area contributed by atoms with Crippen LogP contribution in [0.1, 0.15) is 112 Å². The summed E-state index contributed by atoms with van der Waals surface area (Å²) in [4.78, 5) is 40.1. The van der Waals surface area contributed by atoms with Gasteiger partial charge in [-0.15, -0.1) is 0 Å². The minimum absolute atomic E-state index is 0.0366. The van der Waals surface area contributed by atoms with Crippen LogP contribution in [0.2, 0.25) is 0 Å². The van der Waals surface area contributed by atoms with Gasteiger partial charge in [0.15, 0.2) is 5.78 Å². The van der Waals surface area contributed by atoms with Gasteiger partial charge in [0, 0.05) is 23.0 Å². The molecule has 0 heterocycles. The summed E-state index contributed by atoms with van der Waals surface area (Å²) in [6.45, 7) is 15.8. The molecule has 5 aliphatic carbocycles. The van der Waals surface area contributed by atoms with Crippen LogP contribution in [-0.2, 0) is 19.1 Å². The summed E-state index contributed by atoms with van der Waals surface area (Å²) in [6.07, 6.45) is 12.8. The molecule has 1 aromatic rings. The van der Waals surface area contributed by atoms with Crippen molar-refractivity contribution in [2.75, 3.05) is 7.11 Å². The van der Waals surface area contributed by atoms with E-state index in [2.05, 4.69) is 41.5 Å². The highest BCUT2D eigenvalue weighted by Crippen LogP contribution is 2.75. The molecule has 1 N–H and O–H groups in total. The van der Waals surface area contributed by atoms with Crippen LogP contribution >= 0.6 is 0 Å². The normalized spacial score (nSPS) is 43.0. The second kappa shape index (κ2) is 10.8. The zero-order chi connectivity index (χ0) is 33.5. The number of methoxy groups -OCH3 is 1. The molecule has 9 atom stereocenters. The Hall–Kier alpha value is -2.89. The number of carbonyl (C=O) groups is 3. The first kappa shape index (κ1) is 33.0. The average molecular weight is 631 g/mol. The van der Waals surface area contributed by atoms with E-state index in [1.807, 2.05) is 37.3 Å². The van der Waals surface area contributed by atoms with Crippen LogP contribution in [0.25, 0.3) is 6.08 Å². The first-order chi connectivity index (χ1) is 21.4. The molecular formula is C40H54O6. The predicted octanol–water partition coefficient (Wildman–Crippen LogP) is 8.69. The third-order valence-corrected chi connectivity index (χ3v) is 14.8. The van der Waals surface area contributed by atoms with E-state index < -0.39 is 11.4 Å². The molecule has 1 aromatic carbocycles. The molecule has 6 rings (SSSR count). The number of para-hydroxylation sites is 1. The van der Waals surface area contributed by atoms with Gasteiger partial charge < -0.3 is 14.6 Å². The van der Waals surface area contributed by atoms with Crippen LogP contribution in [0.4, 0.5) is 0 Å². The van der Waals surface area contributed by atoms with Crippen LogP contribution in [0.5, 0.6) is 5.75 Å². The quantitative estimate of drug-likeness (QED) is 0.259. The van der Waals surface area contributed by atoms with Crippen LogP contribution < -0.4 is 4.74 Å². The predicted molar refractivity (Wildman–Crippen MR) is 179 cm³/mol. The van der Waals surface area contributed by atoms with Gasteiger partial charge in [0.2, 0.25) is 0 Å². The van der Waals surface area contributed by atoms with Gasteiger partial charge in [0.05, 0.1) is 12.5 Å². The number of allylic oxidation sites excluding steroid dienone is 2. The van der Waals surface area contributed by atoms with Gasteiger partial charge in [-0.25, -0.2) is 4.79 Å². The number of rotatable bonds is 5. The molecule has 0 aliphatic heterocycles. The Labute approximate surface area is 275 Å². The fourth-order valence-corrected chi connectivity index (χ4v) is 11.7. The van der Waals surface area contributed by atoms with Crippen molar-refractivity contribution in [2.24, 2.45) is 50.2 Å². The SMILES string of the molecule is COc1ccccc1/C=C/C(=O)O[C@H]1CC[C@]2(C)[C@H]3C(=O)C=C4[C@H]5C[C@@](C)(C(=O)O)CC[C@]5(C)CC[C@@]4(C)[C@]3(C)CC[C@H]2C1(C)C. The van der Waals surface area contributed by atoms with Gasteiger partial charge >= 0.3 is 11.9 Å². The monoisotopic (exact) mass is 630 g/mol. The van der Waals surface area contributed by atoms with Crippen molar-refractivity contribution in [3.8, 4) is 5.75 Å². The van der Waals surface area contributed by atoms with Gasteiger partial charge in [-0.3, -0.25) is 9.59 Å². The maximum atomic E-state index is 14.6. The lowest BCUT2D eigenvalue weighted by Crippen LogP contribution is -2.66. The fourth-order valence-electron chi connectivity index (χ4n) is 11.7. The lowest BCUT2D eigenvalue weighted by Gasteiger charge is -2.70. The summed E-state index contributed by atoms with van der Waals surface area (Å²) in [5.41, 5.74) is 0.451. The maximum absolute atomic E-state index is 14.6. The summed E-state index contributed by atoms with van der Waals surface area (Å²) < 4.78 is 11.6. The molecule has 0 unspecified atom stereocenters. The van der Waals surface area contributed by atoms with Crippen molar-refractivity contribution in [1.29, 1.82) is 0 Å². The Kier molecular flexibility index (Phi) is 7.77. The molecule has 4 fully saturated rings. The number of carboxylic acids is 1. The Morgan fingerprint density at radius 1 is 0.913 bits per heavy atom. The van der Waals surface area contributed by atoms with E-state index in [4.69, 9.17) is 9.47 Å². The lowest BCUT2D eigenvalue weighted by molar-refractivity contribution is -0.209. The molecule has 0 spiro atoms. The molecule has 5 aliphatic rings. The number of carboxylic acid groups (broad SMARTS) is 1. The van der Waals surface area contributed by atoms with Crippen molar-refractivity contribution < 1.29 is 29.0 Å². The van der Waals surface area contributed by atoms with Crippen LogP contribution in [0.15, 0.2) is 42.0 Å². The zero-order valence-corrected chi connectivity index (χ0v) is 29.2. The number of esters is 1. The summed E-state index contributed by atoms with van der Waals surface area (Å²) in [6, 6.07) is 7.58. The first-order valence-electron chi connectivity index (χ1n) is 17.5. The second-order valence-corrected chi connectivity index (χ2v) is 17.4. The summed E-state index contributed by atoms with van der Waals surface area (Å²) in [5.74, 6) is 0.0982. The third kappa shape index (κ3) is 4.66. The number of fused-ring (bicyclic) bond motifs is 7. The number of hydrogen-bond acceptors (Lipinski definition) is 5. The number of hydrogen-bond donors (Lipinski definition) is 1. The Morgan fingerprint density at radius 2 is 1.61 bits per heavy atom. The summed E-state index contributed by atoms with van der Waals surface area (Å²) >= 11 is 0. The largest absolute Gasteiger partial charge is 0.496 e. The molecule has 4 saturated carbocycles. The van der Waals surface area contributed by atoms with E-state index in [9.17, 15) is 19.5 Å². The number of ether oxygens (including phenoxy) is 2. The van der Waals surface area contributed by atoms with Gasteiger partial charge in [-0.1, -0.05) is 65.3 Å². The number of ketones is 1. The van der Waals surface area contributed by atoms with E-state index >= 15 is 0 Å². The zero-order valence-electron chi connectivity index (χ0n) is 29.2. The lowest BCUT2D eigenvalue weighted by atomic mass is 9.33. The van der Waals surface area contributed by atoms with Crippen molar-refractivity contribution in [2.45, 2.75) is 112 Å². The Morgan fingerprint density at radius 3 is 2.30 bits per heavy atom. The van der Waals surface area contributed by atoms with Crippen molar-refractivity contribution >= 4 is 23.8 Å². The molecular weight excluding hydrogens is 576 g/mol. The average Bonchev–Trinajstić information content (AvgIpc) is 2.99. The molecule has 6 nitrogen and oxygen atoms in total. The van der Waals surface area contributed by atoms with E-state index in [0.29, 0.717) is 18.6 Å². The smallest absolute Gasteiger partial charge is 0.331 e. The van der Waals surface area contributed by atoms with Gasteiger partial charge in [-0.2, -0.15) is 0 Å². The Bertz CT molecular complexity index is 1500. The number of aliphatic carboxylic acids is 1. The Balaban J connectivity index is 1.28. The highest BCUT2D eigenvalue weighted by Gasteiger charge is 2.70. The van der Waals surface area contributed by atoms with E-state index in [1.54, 1.807) is 13.2 Å². The fraction of sp³-hybridized carbons (Fsp3) is 0.675. The molecule has 6 heteroatoms. The number of carbonyl (C=O) groups excluding carboxylic acids is 2. The van der Waals surface area contributed by atoms with Crippen LogP contribution in [0, 0.1) is 50.2 Å². The first-order valence-corrected chi connectivity index (χ1v) is 17.5. The van der Waals surface area contributed by atoms with E-state index in [-0.39, 0.29) is 62.7 Å². The highest BCUT2D eigenvalue weighted by molar-refractivity contribution is 5.96. The van der Waals surface area contributed by atoms with E-state index in [0.717, 1.165) is 50.5 Å². The maximum Gasteiger partial charge on any atom is 0.331 e. The minimum atomic E-state index is -0.754. The second-order valence-electron chi connectivity index (χ2n) is 17.4. The molecule has 46 heavy (non-hydrogen) atoms. The topological polar surface area (TPSA) is 89.9 Å². The molecule has 0 aromatic heterocycles. The van der Waals surface area contributed by atoms with Gasteiger partial charge in [-0.05, 0) is 116 Å². The molecule has 0 bridgehead atoms. The van der Waals surface area contributed by atoms with Crippen molar-refractivity contribution in [3.05, 3.63) is 47.6 Å². The molecule has 250 valence electrons. The van der Waals surface area contributed by atoms with Gasteiger partial charge in [0.1, 0.15) is 11.9 Å². The van der Waals surface area contributed by atoms with Crippen LogP contribution in [-0.4, -0.2) is 36.0 Å². The summed E-state index contributed by atoms with van der Waals surface area (Å²) in [5, 5.41) is 10.2. The van der Waals surface area contributed by atoms with Crippen molar-refractivity contribution in [3.63, 3.8) is 0 Å². The van der Waals surface area contributed by atoms with Crippen LogP contribution in [0.3, 0.4) is 0 Å². The summed E-state index contributed by atoms with van der Waals surface area (Å²) in [7, 11) is 1.62. The minimum Gasteiger partial charge on any atom is -0.496 e. The van der Waals surface area contributed by atoms with Gasteiger partial charge in [0.25, 0.3) is 0 Å². The molecule has 0 radical (unpaired) electrons. The highest BCUT2D eigenvalue weighted by atomic mass is 16.5. The van der Waals surface area contributed by atoms with E-state index in [1.165, 1.54) is 11.6 Å².